The molecule has 0 atom stereocenters. The van der Waals surface area contributed by atoms with Crippen LogP contribution in [-0.4, -0.2) is 30.9 Å². The summed E-state index contributed by atoms with van der Waals surface area (Å²) < 4.78 is 6.19. The van der Waals surface area contributed by atoms with E-state index in [1.54, 1.807) is 12.1 Å². The minimum Gasteiger partial charge on any atom is -0.507 e. The zero-order valence-electron chi connectivity index (χ0n) is 12.4. The molecule has 0 bridgehead atoms. The van der Waals surface area contributed by atoms with Gasteiger partial charge in [0.2, 0.25) is 0 Å². The summed E-state index contributed by atoms with van der Waals surface area (Å²) in [5.74, 6) is 0.360. The van der Waals surface area contributed by atoms with Gasteiger partial charge in [-0.3, -0.25) is 4.79 Å². The number of amides is 1. The summed E-state index contributed by atoms with van der Waals surface area (Å²) in [6, 6.07) is 12.4. The lowest BCUT2D eigenvalue weighted by Crippen LogP contribution is -2.25. The fourth-order valence-corrected chi connectivity index (χ4v) is 2.09. The number of anilines is 1. The van der Waals surface area contributed by atoms with Crippen LogP contribution < -0.4 is 15.5 Å². The minimum atomic E-state index is -0.290. The largest absolute Gasteiger partial charge is 0.507 e. The van der Waals surface area contributed by atoms with Crippen molar-refractivity contribution >= 4 is 40.4 Å². The number of benzene rings is 2. The maximum atomic E-state index is 11.7. The number of rotatable bonds is 6. The topological polar surface area (TPSA) is 83.0 Å². The lowest BCUT2D eigenvalue weighted by molar-refractivity contribution is -0.119. The van der Waals surface area contributed by atoms with E-state index in [-0.39, 0.29) is 18.2 Å². The van der Waals surface area contributed by atoms with Gasteiger partial charge in [0.15, 0.2) is 0 Å². The first-order valence-corrected chi connectivity index (χ1v) is 7.84. The first-order valence-electron chi connectivity index (χ1n) is 6.77. The summed E-state index contributed by atoms with van der Waals surface area (Å²) in [5.41, 5.74) is 3.70. The maximum absolute atomic E-state index is 11.7. The molecule has 7 heteroatoms. The van der Waals surface area contributed by atoms with Gasteiger partial charge in [0.25, 0.3) is 5.91 Å². The fourth-order valence-electron chi connectivity index (χ4n) is 1.73. The van der Waals surface area contributed by atoms with Gasteiger partial charge in [-0.05, 0) is 65.1 Å². The van der Waals surface area contributed by atoms with E-state index in [0.29, 0.717) is 11.3 Å². The minimum absolute atomic E-state index is 0.0563. The van der Waals surface area contributed by atoms with Crippen molar-refractivity contribution in [1.29, 1.82) is 0 Å². The number of aromatic hydroxyl groups is 1. The Morgan fingerprint density at radius 3 is 2.74 bits per heavy atom. The van der Waals surface area contributed by atoms with Crippen molar-refractivity contribution in [2.24, 2.45) is 5.10 Å². The van der Waals surface area contributed by atoms with Crippen LogP contribution in [0.25, 0.3) is 0 Å². The van der Waals surface area contributed by atoms with Crippen LogP contribution in [0.15, 0.2) is 47.6 Å². The van der Waals surface area contributed by atoms with Gasteiger partial charge in [-0.1, -0.05) is 0 Å². The number of hydrogen-bond donors (Lipinski definition) is 3. The molecule has 0 saturated heterocycles. The van der Waals surface area contributed by atoms with E-state index >= 15 is 0 Å². The first kappa shape index (κ1) is 17.1. The highest BCUT2D eigenvalue weighted by Gasteiger charge is 2.02. The van der Waals surface area contributed by atoms with Crippen molar-refractivity contribution in [3.05, 3.63) is 51.6 Å². The smallest absolute Gasteiger partial charge is 0.259 e. The third kappa shape index (κ3) is 5.44. The molecule has 1 amide bonds. The van der Waals surface area contributed by atoms with Crippen molar-refractivity contribution in [3.63, 3.8) is 0 Å². The molecular weight excluding hydrogens is 409 g/mol. The molecule has 3 N–H and O–H groups in total. The second-order valence-corrected chi connectivity index (χ2v) is 5.82. The van der Waals surface area contributed by atoms with Gasteiger partial charge in [0, 0.05) is 14.8 Å². The molecule has 120 valence electrons. The Labute approximate surface area is 147 Å². The Balaban J connectivity index is 1.85. The molecule has 6 nitrogen and oxygen atoms in total. The van der Waals surface area contributed by atoms with E-state index < -0.39 is 0 Å². The molecule has 2 rings (SSSR count). The molecule has 2 aromatic carbocycles. The molecule has 0 aliphatic rings. The molecule has 23 heavy (non-hydrogen) atoms. The van der Waals surface area contributed by atoms with E-state index in [0.717, 1.165) is 9.26 Å². The standard InChI is InChI=1S/C16H16IN3O3/c1-23-14-6-7-15(21)11(8-14)9-19-20-16(22)10-18-13-4-2-12(17)3-5-13/h2-9,18,21H,10H2,1H3,(H,20,22)/b19-9-. The molecule has 0 aliphatic carbocycles. The molecule has 0 saturated carbocycles. The van der Waals surface area contributed by atoms with Gasteiger partial charge in [-0.25, -0.2) is 5.43 Å². The van der Waals surface area contributed by atoms with Gasteiger partial charge in [0.1, 0.15) is 11.5 Å². The van der Waals surface area contributed by atoms with Gasteiger partial charge in [-0.15, -0.1) is 0 Å². The first-order chi connectivity index (χ1) is 11.1. The summed E-state index contributed by atoms with van der Waals surface area (Å²) in [7, 11) is 1.53. The Hall–Kier alpha value is -2.29. The Bertz CT molecular complexity index is 702. The average molecular weight is 425 g/mol. The van der Waals surface area contributed by atoms with Crippen LogP contribution in [0.4, 0.5) is 5.69 Å². The molecule has 2 aromatic rings. The van der Waals surface area contributed by atoms with Crippen molar-refractivity contribution in [3.8, 4) is 11.5 Å². The highest BCUT2D eigenvalue weighted by molar-refractivity contribution is 14.1. The molecule has 0 fully saturated rings. The third-order valence-electron chi connectivity index (χ3n) is 2.92. The number of halogens is 1. The lowest BCUT2D eigenvalue weighted by atomic mass is 10.2. The second kappa shape index (κ2) is 8.37. The van der Waals surface area contributed by atoms with Crippen LogP contribution in [0.1, 0.15) is 5.56 Å². The van der Waals surface area contributed by atoms with Crippen LogP contribution in [-0.2, 0) is 4.79 Å². The van der Waals surface area contributed by atoms with Gasteiger partial charge in [-0.2, -0.15) is 5.10 Å². The lowest BCUT2D eigenvalue weighted by Gasteiger charge is -2.05. The van der Waals surface area contributed by atoms with Crippen molar-refractivity contribution in [1.82, 2.24) is 5.43 Å². The number of nitrogens with one attached hydrogen (secondary N) is 2. The number of hydrazone groups is 1. The van der Waals surface area contributed by atoms with Gasteiger partial charge >= 0.3 is 0 Å². The predicted octanol–water partition coefficient (Wildman–Crippen LogP) is 2.57. The van der Waals surface area contributed by atoms with Crippen molar-refractivity contribution in [2.75, 3.05) is 19.0 Å². The van der Waals surface area contributed by atoms with Crippen LogP contribution in [0.5, 0.6) is 11.5 Å². The number of nitrogens with zero attached hydrogens (tertiary/aromatic N) is 1. The predicted molar refractivity (Wildman–Crippen MR) is 98.0 cm³/mol. The van der Waals surface area contributed by atoms with Crippen molar-refractivity contribution < 1.29 is 14.6 Å². The zero-order valence-corrected chi connectivity index (χ0v) is 14.6. The normalized spacial score (nSPS) is 10.5. The molecule has 0 aliphatic heterocycles. The van der Waals surface area contributed by atoms with Gasteiger partial charge < -0.3 is 15.2 Å². The maximum Gasteiger partial charge on any atom is 0.259 e. The van der Waals surface area contributed by atoms with E-state index in [1.807, 2.05) is 24.3 Å². The highest BCUT2D eigenvalue weighted by atomic mass is 127. The van der Waals surface area contributed by atoms with E-state index in [2.05, 4.69) is 38.4 Å². The molecule has 0 unspecified atom stereocenters. The van der Waals surface area contributed by atoms with Gasteiger partial charge in [0.05, 0.1) is 19.9 Å². The Kier molecular flexibility index (Phi) is 6.21. The van der Waals surface area contributed by atoms with E-state index in [9.17, 15) is 9.90 Å². The molecule has 0 aromatic heterocycles. The molecule has 0 spiro atoms. The summed E-state index contributed by atoms with van der Waals surface area (Å²) in [6.07, 6.45) is 1.36. The van der Waals surface area contributed by atoms with Crippen LogP contribution in [0, 0.1) is 3.57 Å². The number of hydrogen-bond acceptors (Lipinski definition) is 5. The quantitative estimate of drug-likeness (QED) is 0.378. The SMILES string of the molecule is COc1ccc(O)c(/C=N\NC(=O)CNc2ccc(I)cc2)c1. The molecular formula is C16H16IN3O3. The summed E-state index contributed by atoms with van der Waals surface area (Å²) in [6.45, 7) is 0.0992. The van der Waals surface area contributed by atoms with Crippen LogP contribution in [0.2, 0.25) is 0 Å². The molecule has 0 radical (unpaired) electrons. The second-order valence-electron chi connectivity index (χ2n) is 4.58. The highest BCUT2D eigenvalue weighted by Crippen LogP contribution is 2.20. The van der Waals surface area contributed by atoms with Crippen LogP contribution >= 0.6 is 22.6 Å². The van der Waals surface area contributed by atoms with Crippen molar-refractivity contribution in [2.45, 2.75) is 0 Å². The molecule has 0 heterocycles. The number of methoxy groups -OCH3 is 1. The Morgan fingerprint density at radius 2 is 2.04 bits per heavy atom. The van der Waals surface area contributed by atoms with E-state index in [1.165, 1.54) is 19.4 Å². The monoisotopic (exact) mass is 425 g/mol. The number of phenols is 1. The van der Waals surface area contributed by atoms with E-state index in [4.69, 9.17) is 4.74 Å². The number of carbonyl (C=O) groups is 1. The third-order valence-corrected chi connectivity index (χ3v) is 3.64. The summed E-state index contributed by atoms with van der Waals surface area (Å²) in [4.78, 5) is 11.7. The Morgan fingerprint density at radius 1 is 1.30 bits per heavy atom. The summed E-state index contributed by atoms with van der Waals surface area (Å²) >= 11 is 2.21. The number of carbonyl (C=O) groups excluding carboxylic acids is 1. The summed E-state index contributed by atoms with van der Waals surface area (Å²) in [5, 5.41) is 16.5. The fraction of sp³-hybridized carbons (Fsp3) is 0.125. The number of ether oxygens (including phenoxy) is 1. The average Bonchev–Trinajstić information content (AvgIpc) is 2.56. The number of phenolic OH excluding ortho intramolecular Hbond substituents is 1. The zero-order chi connectivity index (χ0) is 16.7. The van der Waals surface area contributed by atoms with Crippen LogP contribution in [0.3, 0.4) is 0 Å².